The fourth-order valence-corrected chi connectivity index (χ4v) is 5.28. The van der Waals surface area contributed by atoms with Crippen LogP contribution in [0.25, 0.3) is 11.4 Å². The fourth-order valence-electron chi connectivity index (χ4n) is 5.28. The third kappa shape index (κ3) is 7.48. The van der Waals surface area contributed by atoms with Gasteiger partial charge in [0.15, 0.2) is 5.82 Å². The van der Waals surface area contributed by atoms with Crippen molar-refractivity contribution in [1.82, 2.24) is 34.7 Å². The first kappa shape index (κ1) is 30.4. The lowest BCUT2D eigenvalue weighted by Crippen LogP contribution is -2.50. The molecule has 0 atom stereocenters. The van der Waals surface area contributed by atoms with Crippen molar-refractivity contribution < 1.29 is 27.8 Å². The molecule has 0 bridgehead atoms. The Kier molecular flexibility index (Phi) is 9.86. The van der Waals surface area contributed by atoms with E-state index in [0.29, 0.717) is 90.0 Å². The lowest BCUT2D eigenvalue weighted by atomic mass is 9.98. The number of nitrogen functional groups attached to an aromatic ring is 1. The third-order valence-electron chi connectivity index (χ3n) is 7.79. The molecule has 0 unspecified atom stereocenters. The van der Waals surface area contributed by atoms with E-state index < -0.39 is 12.1 Å². The zero-order valence-electron chi connectivity index (χ0n) is 23.9. The number of anilines is 3. The second-order valence-corrected chi connectivity index (χ2v) is 10.5. The van der Waals surface area contributed by atoms with Crippen LogP contribution in [0.15, 0.2) is 18.9 Å². The van der Waals surface area contributed by atoms with E-state index in [1.54, 1.807) is 9.80 Å². The quantitative estimate of drug-likeness (QED) is 0.403. The van der Waals surface area contributed by atoms with Crippen molar-refractivity contribution in [2.24, 2.45) is 5.92 Å². The van der Waals surface area contributed by atoms with Crippen molar-refractivity contribution in [2.45, 2.75) is 19.3 Å². The molecule has 5 rings (SSSR count). The van der Waals surface area contributed by atoms with Gasteiger partial charge < -0.3 is 34.8 Å². The SMILES string of the molecule is C=CC(=O)N1CCC(COCC(=O)N2CCN(c3nc(-c4cnc(N)nc4C(F)F)nc(N4CCOCC4)n3)CC2)CC1. The molecule has 3 fully saturated rings. The first-order valence-electron chi connectivity index (χ1n) is 14.3. The van der Waals surface area contributed by atoms with E-state index in [2.05, 4.69) is 31.5 Å². The van der Waals surface area contributed by atoms with Gasteiger partial charge in [0.1, 0.15) is 12.3 Å². The number of aromatic nitrogens is 5. The molecule has 2 N–H and O–H groups in total. The molecular weight excluding hydrogens is 566 g/mol. The number of piperazine rings is 1. The predicted molar refractivity (Wildman–Crippen MR) is 152 cm³/mol. The number of carbonyl (C=O) groups is 2. The van der Waals surface area contributed by atoms with Crippen LogP contribution in [0.3, 0.4) is 0 Å². The molecule has 3 aliphatic rings. The molecule has 14 nitrogen and oxygen atoms in total. The van der Waals surface area contributed by atoms with Gasteiger partial charge in [-0.25, -0.2) is 18.7 Å². The summed E-state index contributed by atoms with van der Waals surface area (Å²) in [5.41, 5.74) is 4.99. The fraction of sp³-hybridized carbons (Fsp3) is 0.593. The Morgan fingerprint density at radius 1 is 0.977 bits per heavy atom. The predicted octanol–water partition coefficient (Wildman–Crippen LogP) is 0.775. The van der Waals surface area contributed by atoms with E-state index in [4.69, 9.17) is 15.2 Å². The number of rotatable bonds is 9. The van der Waals surface area contributed by atoms with E-state index in [0.717, 1.165) is 12.8 Å². The van der Waals surface area contributed by atoms with Crippen molar-refractivity contribution in [2.75, 3.05) is 94.3 Å². The van der Waals surface area contributed by atoms with Crippen LogP contribution < -0.4 is 15.5 Å². The molecule has 5 heterocycles. The van der Waals surface area contributed by atoms with Gasteiger partial charge in [-0.2, -0.15) is 15.0 Å². The van der Waals surface area contributed by atoms with Crippen molar-refractivity contribution in [3.8, 4) is 11.4 Å². The Morgan fingerprint density at radius 2 is 1.63 bits per heavy atom. The number of piperidine rings is 1. The Hall–Kier alpha value is -4.05. The maximum atomic E-state index is 13.9. The Bertz CT molecular complexity index is 1300. The third-order valence-corrected chi connectivity index (χ3v) is 7.79. The van der Waals surface area contributed by atoms with Gasteiger partial charge in [-0.3, -0.25) is 9.59 Å². The summed E-state index contributed by atoms with van der Waals surface area (Å²) in [5.74, 6) is 0.543. The smallest absolute Gasteiger partial charge is 0.281 e. The summed E-state index contributed by atoms with van der Waals surface area (Å²) < 4.78 is 38.9. The van der Waals surface area contributed by atoms with Gasteiger partial charge in [0.2, 0.25) is 29.7 Å². The second-order valence-electron chi connectivity index (χ2n) is 10.5. The van der Waals surface area contributed by atoms with Crippen LogP contribution in [0.1, 0.15) is 25.0 Å². The number of amides is 2. The van der Waals surface area contributed by atoms with Crippen LogP contribution in [0.5, 0.6) is 0 Å². The highest BCUT2D eigenvalue weighted by atomic mass is 19.3. The molecule has 16 heteroatoms. The number of carbonyl (C=O) groups excluding carboxylic acids is 2. The van der Waals surface area contributed by atoms with Crippen molar-refractivity contribution in [3.63, 3.8) is 0 Å². The number of nitrogens with two attached hydrogens (primary N) is 1. The minimum atomic E-state index is -2.90. The number of halogens is 2. The number of hydrogen-bond acceptors (Lipinski definition) is 12. The van der Waals surface area contributed by atoms with E-state index in [-0.39, 0.29) is 35.8 Å². The largest absolute Gasteiger partial charge is 0.378 e. The Balaban J connectivity index is 1.21. The molecule has 2 aromatic heterocycles. The van der Waals surface area contributed by atoms with Crippen molar-refractivity contribution in [1.29, 1.82) is 0 Å². The lowest BCUT2D eigenvalue weighted by Gasteiger charge is -2.35. The average Bonchev–Trinajstić information content (AvgIpc) is 3.04. The maximum Gasteiger partial charge on any atom is 0.281 e. The normalized spacial score (nSPS) is 18.3. The molecule has 0 radical (unpaired) electrons. The number of morpholine rings is 1. The van der Waals surface area contributed by atoms with E-state index >= 15 is 0 Å². The van der Waals surface area contributed by atoms with Crippen LogP contribution in [0, 0.1) is 5.92 Å². The summed E-state index contributed by atoms with van der Waals surface area (Å²) in [6, 6.07) is 0. The number of nitrogens with zero attached hydrogens (tertiary/aromatic N) is 9. The number of hydrogen-bond donors (Lipinski definition) is 1. The van der Waals surface area contributed by atoms with Crippen molar-refractivity contribution in [3.05, 3.63) is 24.5 Å². The van der Waals surface area contributed by atoms with Crippen LogP contribution in [-0.4, -0.2) is 125 Å². The number of ether oxygens (including phenoxy) is 2. The van der Waals surface area contributed by atoms with Crippen LogP contribution in [0.2, 0.25) is 0 Å². The minimum Gasteiger partial charge on any atom is -0.378 e. The molecule has 2 aromatic rings. The molecule has 0 aromatic carbocycles. The van der Waals surface area contributed by atoms with Gasteiger partial charge >= 0.3 is 0 Å². The summed E-state index contributed by atoms with van der Waals surface area (Å²) in [5, 5.41) is 0. The minimum absolute atomic E-state index is 0.0174. The topological polar surface area (TPSA) is 156 Å². The van der Waals surface area contributed by atoms with Gasteiger partial charge in [0.25, 0.3) is 6.43 Å². The molecule has 0 aliphatic carbocycles. The first-order chi connectivity index (χ1) is 20.8. The standard InChI is InChI=1S/C27H36F2N10O4/c1-2-20(40)36-5-3-18(4-6-36)16-43-17-21(41)37-7-9-38(10-8-37)26-33-24(19-15-31-25(30)32-22(19)23(28)29)34-27(35-26)39-11-13-42-14-12-39/h2,15,18,23H,1,3-14,16-17H2,(H2,30,31,32). The summed E-state index contributed by atoms with van der Waals surface area (Å²) >= 11 is 0. The molecule has 0 spiro atoms. The Labute approximate surface area is 247 Å². The molecule has 2 amide bonds. The molecule has 0 saturated carbocycles. The van der Waals surface area contributed by atoms with Gasteiger partial charge in [-0.05, 0) is 24.8 Å². The summed E-state index contributed by atoms with van der Waals surface area (Å²) in [4.78, 5) is 53.2. The second kappa shape index (κ2) is 13.9. The monoisotopic (exact) mass is 602 g/mol. The maximum absolute atomic E-state index is 13.9. The summed E-state index contributed by atoms with van der Waals surface area (Å²) in [6.07, 6.45) is 1.28. The van der Waals surface area contributed by atoms with Crippen LogP contribution in [0.4, 0.5) is 26.6 Å². The van der Waals surface area contributed by atoms with Gasteiger partial charge in [0, 0.05) is 58.6 Å². The molecular formula is C27H36F2N10O4. The highest BCUT2D eigenvalue weighted by Crippen LogP contribution is 2.30. The average molecular weight is 603 g/mol. The summed E-state index contributed by atoms with van der Waals surface area (Å²) in [7, 11) is 0. The summed E-state index contributed by atoms with van der Waals surface area (Å²) in [6.45, 7) is 9.08. The zero-order valence-corrected chi connectivity index (χ0v) is 23.9. The Morgan fingerprint density at radius 3 is 2.26 bits per heavy atom. The van der Waals surface area contributed by atoms with Gasteiger partial charge in [-0.15, -0.1) is 0 Å². The van der Waals surface area contributed by atoms with Crippen LogP contribution in [-0.2, 0) is 19.1 Å². The highest BCUT2D eigenvalue weighted by Gasteiger charge is 2.28. The molecule has 232 valence electrons. The lowest BCUT2D eigenvalue weighted by molar-refractivity contribution is -0.137. The zero-order chi connectivity index (χ0) is 30.3. The van der Waals surface area contributed by atoms with E-state index in [1.165, 1.54) is 12.3 Å². The van der Waals surface area contributed by atoms with Crippen LogP contribution >= 0.6 is 0 Å². The highest BCUT2D eigenvalue weighted by molar-refractivity contribution is 5.87. The van der Waals surface area contributed by atoms with Gasteiger partial charge in [0.05, 0.1) is 25.4 Å². The molecule has 3 aliphatic heterocycles. The molecule has 43 heavy (non-hydrogen) atoms. The van der Waals surface area contributed by atoms with Gasteiger partial charge in [-0.1, -0.05) is 6.58 Å². The van der Waals surface area contributed by atoms with E-state index in [1.807, 2.05) is 9.80 Å². The number of likely N-dealkylation sites (tertiary alicyclic amines) is 1. The van der Waals surface area contributed by atoms with E-state index in [9.17, 15) is 18.4 Å². The van der Waals surface area contributed by atoms with Crippen molar-refractivity contribution >= 4 is 29.7 Å². The molecule has 3 saturated heterocycles. The number of alkyl halides is 2. The first-order valence-corrected chi connectivity index (χ1v) is 14.3.